The second-order valence-corrected chi connectivity index (χ2v) is 2.90. The van der Waals surface area contributed by atoms with Gasteiger partial charge in [-0.1, -0.05) is 0 Å². The van der Waals surface area contributed by atoms with Crippen LogP contribution in [0.2, 0.25) is 0 Å². The molecule has 0 saturated carbocycles. The van der Waals surface area contributed by atoms with Crippen LogP contribution < -0.4 is 5.32 Å². The highest BCUT2D eigenvalue weighted by atomic mass is 16.5. The van der Waals surface area contributed by atoms with Crippen molar-refractivity contribution in [3.05, 3.63) is 0 Å². The summed E-state index contributed by atoms with van der Waals surface area (Å²) >= 11 is 0. The normalized spacial score (nSPS) is 20.7. The zero-order chi connectivity index (χ0) is 9.68. The number of nitrogens with zero attached hydrogens (tertiary/aromatic N) is 1. The monoisotopic (exact) mass is 185 g/mol. The van der Waals surface area contributed by atoms with Crippen LogP contribution in [0, 0.1) is 0 Å². The highest BCUT2D eigenvalue weighted by Gasteiger charge is 2.18. The number of ether oxygens (including phenoxy) is 1. The Balaban J connectivity index is 2.32. The van der Waals surface area contributed by atoms with E-state index < -0.39 is 5.91 Å². The zero-order valence-electron chi connectivity index (χ0n) is 7.58. The molecule has 1 unspecified atom stereocenters. The lowest BCUT2D eigenvalue weighted by molar-refractivity contribution is -0.117. The maximum atomic E-state index is 10.7. The van der Waals surface area contributed by atoms with E-state index in [0.717, 1.165) is 13.1 Å². The van der Waals surface area contributed by atoms with Crippen molar-refractivity contribution in [3.63, 3.8) is 0 Å². The summed E-state index contributed by atoms with van der Waals surface area (Å²) in [6, 6.07) is 0. The summed E-state index contributed by atoms with van der Waals surface area (Å²) in [4.78, 5) is 22.7. The number of nitrogens with one attached hydrogen (secondary N) is 1. The van der Waals surface area contributed by atoms with Crippen molar-refractivity contribution in [2.45, 2.75) is 13.1 Å². The molecule has 5 heteroatoms. The average Bonchev–Trinajstić information content (AvgIpc) is 2.19. The number of carbonyl (C=O) groups is 1. The molecule has 1 radical (unpaired) electrons. The molecule has 1 aliphatic rings. The lowest BCUT2D eigenvalue weighted by atomic mass is 10.3. The molecule has 73 valence electrons. The topological polar surface area (TPSA) is 58.6 Å². The van der Waals surface area contributed by atoms with E-state index in [1.807, 2.05) is 11.8 Å². The minimum atomic E-state index is -0.695. The van der Waals surface area contributed by atoms with Gasteiger partial charge in [0.05, 0.1) is 19.4 Å². The molecular weight excluding hydrogens is 172 g/mol. The van der Waals surface area contributed by atoms with Gasteiger partial charge in [-0.15, -0.1) is 0 Å². The van der Waals surface area contributed by atoms with E-state index in [9.17, 15) is 9.59 Å². The molecule has 1 aliphatic heterocycles. The van der Waals surface area contributed by atoms with Gasteiger partial charge in [0.15, 0.2) is 0 Å². The van der Waals surface area contributed by atoms with Gasteiger partial charge < -0.3 is 10.1 Å². The molecule has 0 aliphatic carbocycles. The van der Waals surface area contributed by atoms with Crippen molar-refractivity contribution in [2.24, 2.45) is 0 Å². The second-order valence-electron chi connectivity index (χ2n) is 2.90. The molecule has 1 atom stereocenters. The van der Waals surface area contributed by atoms with Crippen LogP contribution in [0.15, 0.2) is 0 Å². The highest BCUT2D eigenvalue weighted by Crippen LogP contribution is 2.00. The molecule has 1 saturated heterocycles. The van der Waals surface area contributed by atoms with E-state index in [1.165, 1.54) is 6.29 Å². The number of rotatable bonds is 3. The predicted molar refractivity (Wildman–Crippen MR) is 45.7 cm³/mol. The maximum Gasteiger partial charge on any atom is 0.297 e. The summed E-state index contributed by atoms with van der Waals surface area (Å²) in [7, 11) is 0. The smallest absolute Gasteiger partial charge is 0.297 e. The Morgan fingerprint density at radius 3 is 2.69 bits per heavy atom. The fourth-order valence-electron chi connectivity index (χ4n) is 1.28. The Hall–Kier alpha value is -0.940. The minimum absolute atomic E-state index is 0.127. The quantitative estimate of drug-likeness (QED) is 0.566. The third kappa shape index (κ3) is 3.12. The number of hydrogen-bond donors (Lipinski definition) is 1. The van der Waals surface area contributed by atoms with E-state index in [1.54, 1.807) is 0 Å². The van der Waals surface area contributed by atoms with Crippen LogP contribution in [0.1, 0.15) is 6.92 Å². The largest absolute Gasteiger partial charge is 0.379 e. The average molecular weight is 185 g/mol. The van der Waals surface area contributed by atoms with Gasteiger partial charge in [-0.2, -0.15) is 0 Å². The Morgan fingerprint density at radius 2 is 2.15 bits per heavy atom. The summed E-state index contributed by atoms with van der Waals surface area (Å²) in [6.07, 6.45) is 1.15. The summed E-state index contributed by atoms with van der Waals surface area (Å²) in [5.41, 5.74) is 0. The van der Waals surface area contributed by atoms with Crippen LogP contribution in [-0.4, -0.2) is 49.6 Å². The van der Waals surface area contributed by atoms with Crippen molar-refractivity contribution in [3.8, 4) is 0 Å². The third-order valence-electron chi connectivity index (χ3n) is 2.03. The van der Waals surface area contributed by atoms with E-state index >= 15 is 0 Å². The molecule has 0 aromatic rings. The molecule has 0 aromatic heterocycles. The Kier molecular flexibility index (Phi) is 3.85. The zero-order valence-corrected chi connectivity index (χ0v) is 7.58. The van der Waals surface area contributed by atoms with Gasteiger partial charge in [0.2, 0.25) is 0 Å². The van der Waals surface area contributed by atoms with Gasteiger partial charge in [-0.25, -0.2) is 0 Å². The van der Waals surface area contributed by atoms with Gasteiger partial charge in [-0.05, 0) is 6.92 Å². The van der Waals surface area contributed by atoms with Crippen LogP contribution in [0.3, 0.4) is 0 Å². The molecular formula is C8H13N2O3. The lowest BCUT2D eigenvalue weighted by Gasteiger charge is -2.31. The Morgan fingerprint density at radius 1 is 1.54 bits per heavy atom. The molecule has 0 bridgehead atoms. The van der Waals surface area contributed by atoms with Crippen LogP contribution in [0.4, 0.5) is 0 Å². The molecule has 13 heavy (non-hydrogen) atoms. The first-order chi connectivity index (χ1) is 6.24. The maximum absolute atomic E-state index is 10.7. The predicted octanol–water partition coefficient (Wildman–Crippen LogP) is -1.11. The van der Waals surface area contributed by atoms with E-state index in [-0.39, 0.29) is 6.17 Å². The van der Waals surface area contributed by atoms with E-state index in [2.05, 4.69) is 5.32 Å². The number of hydrogen-bond acceptors (Lipinski definition) is 4. The van der Waals surface area contributed by atoms with Crippen molar-refractivity contribution in [1.82, 2.24) is 10.2 Å². The minimum Gasteiger partial charge on any atom is -0.379 e. The van der Waals surface area contributed by atoms with Crippen LogP contribution in [-0.2, 0) is 14.3 Å². The molecule has 1 fully saturated rings. The lowest BCUT2D eigenvalue weighted by Crippen LogP contribution is -2.50. The van der Waals surface area contributed by atoms with Crippen LogP contribution in [0.5, 0.6) is 0 Å². The Bertz CT molecular complexity index is 190. The first-order valence-electron chi connectivity index (χ1n) is 4.24. The first-order valence-corrected chi connectivity index (χ1v) is 4.24. The molecule has 5 nitrogen and oxygen atoms in total. The second kappa shape index (κ2) is 4.94. The molecule has 0 spiro atoms. The molecule has 1 heterocycles. The van der Waals surface area contributed by atoms with Gasteiger partial charge in [0.1, 0.15) is 0 Å². The van der Waals surface area contributed by atoms with Crippen LogP contribution in [0.25, 0.3) is 0 Å². The molecule has 1 N–H and O–H groups in total. The summed E-state index contributed by atoms with van der Waals surface area (Å²) in [6.45, 7) is 4.73. The van der Waals surface area contributed by atoms with Crippen molar-refractivity contribution in [1.29, 1.82) is 0 Å². The summed E-state index contributed by atoms with van der Waals surface area (Å²) < 4.78 is 5.15. The first kappa shape index (κ1) is 10.1. The van der Waals surface area contributed by atoms with E-state index in [0.29, 0.717) is 13.2 Å². The van der Waals surface area contributed by atoms with Gasteiger partial charge in [0, 0.05) is 13.1 Å². The van der Waals surface area contributed by atoms with Crippen molar-refractivity contribution >= 4 is 12.2 Å². The molecule has 0 aromatic carbocycles. The van der Waals surface area contributed by atoms with Gasteiger partial charge in [0.25, 0.3) is 12.2 Å². The third-order valence-corrected chi connectivity index (χ3v) is 2.03. The standard InChI is InChI=1S/C8H13N2O3/c1-7(9-8(12)6-11)10-2-4-13-5-3-10/h7H,2-5H2,1H3,(H,9,12). The van der Waals surface area contributed by atoms with E-state index in [4.69, 9.17) is 4.74 Å². The number of amides is 1. The fourth-order valence-corrected chi connectivity index (χ4v) is 1.28. The van der Waals surface area contributed by atoms with Crippen LogP contribution >= 0.6 is 0 Å². The SMILES string of the molecule is CC(NC(=O)[C]=O)N1CCOCC1. The molecule has 1 amide bonds. The summed E-state index contributed by atoms with van der Waals surface area (Å²) in [5, 5.41) is 2.51. The summed E-state index contributed by atoms with van der Waals surface area (Å²) in [5.74, 6) is -0.695. The van der Waals surface area contributed by atoms with Crippen molar-refractivity contribution in [2.75, 3.05) is 26.3 Å². The molecule has 1 rings (SSSR count). The van der Waals surface area contributed by atoms with Gasteiger partial charge in [-0.3, -0.25) is 14.5 Å². The van der Waals surface area contributed by atoms with Crippen molar-refractivity contribution < 1.29 is 14.3 Å². The van der Waals surface area contributed by atoms with Gasteiger partial charge >= 0.3 is 0 Å². The number of morpholine rings is 1. The fraction of sp³-hybridized carbons (Fsp3) is 0.750. The Labute approximate surface area is 77.0 Å². The highest BCUT2D eigenvalue weighted by molar-refractivity contribution is 6.24. The number of carbonyl (C=O) groups excluding carboxylic acids is 2.